The second-order valence-electron chi connectivity index (χ2n) is 7.42. The highest BCUT2D eigenvalue weighted by atomic mass is 19.3. The van der Waals surface area contributed by atoms with E-state index in [1.165, 1.54) is 12.8 Å². The number of hydrogen-bond donors (Lipinski definition) is 0. The first-order valence-electron chi connectivity index (χ1n) is 8.48. The fourth-order valence-electron chi connectivity index (χ4n) is 4.17. The van der Waals surface area contributed by atoms with Crippen molar-refractivity contribution >= 4 is 5.69 Å². The molecule has 0 radical (unpaired) electrons. The van der Waals surface area contributed by atoms with Gasteiger partial charge in [0, 0.05) is 44.8 Å². The Hall–Kier alpha value is -1.16. The predicted octanol–water partition coefficient (Wildman–Crippen LogP) is 3.63. The lowest BCUT2D eigenvalue weighted by Crippen LogP contribution is -2.57. The largest absolute Gasteiger partial charge is 0.371 e. The summed E-state index contributed by atoms with van der Waals surface area (Å²) in [6, 6.07) is 10.0. The maximum Gasteiger partial charge on any atom is 0.257 e. The Morgan fingerprint density at radius 1 is 1.00 bits per heavy atom. The summed E-state index contributed by atoms with van der Waals surface area (Å²) in [4.78, 5) is 4.46. The summed E-state index contributed by atoms with van der Waals surface area (Å²) in [6.07, 6.45) is 3.21. The quantitative estimate of drug-likeness (QED) is 0.841. The molecule has 0 N–H and O–H groups in total. The molecule has 1 aromatic rings. The SMILES string of the molecule is FC1(F)CCN(CC2CC2)CC12CCN(c1ccccc1)C2. The summed E-state index contributed by atoms with van der Waals surface area (Å²) in [6.45, 7) is 3.40. The van der Waals surface area contributed by atoms with Crippen molar-refractivity contribution in [1.82, 2.24) is 4.90 Å². The van der Waals surface area contributed by atoms with Gasteiger partial charge < -0.3 is 9.80 Å². The third-order valence-corrected chi connectivity index (χ3v) is 5.73. The van der Waals surface area contributed by atoms with Crippen molar-refractivity contribution in [2.24, 2.45) is 11.3 Å². The molecule has 1 aliphatic carbocycles. The molecule has 2 nitrogen and oxygen atoms in total. The number of hydrogen-bond acceptors (Lipinski definition) is 2. The molecular formula is C18H24F2N2. The van der Waals surface area contributed by atoms with E-state index < -0.39 is 11.3 Å². The van der Waals surface area contributed by atoms with E-state index in [4.69, 9.17) is 0 Å². The number of benzene rings is 1. The van der Waals surface area contributed by atoms with Crippen LogP contribution >= 0.6 is 0 Å². The number of alkyl halides is 2. The standard InChI is InChI=1S/C18H24F2N2/c19-18(20)9-10-21(12-15-6-7-15)13-17(18)8-11-22(14-17)16-4-2-1-3-5-16/h1-5,15H,6-14H2. The van der Waals surface area contributed by atoms with Crippen molar-refractivity contribution in [2.45, 2.75) is 31.6 Å². The zero-order valence-electron chi connectivity index (χ0n) is 13.0. The Kier molecular flexibility index (Phi) is 3.40. The van der Waals surface area contributed by atoms with Crippen LogP contribution in [0.5, 0.6) is 0 Å². The van der Waals surface area contributed by atoms with Gasteiger partial charge in [0.1, 0.15) is 0 Å². The molecule has 22 heavy (non-hydrogen) atoms. The smallest absolute Gasteiger partial charge is 0.257 e. The Balaban J connectivity index is 1.52. The summed E-state index contributed by atoms with van der Waals surface area (Å²) >= 11 is 0. The average Bonchev–Trinajstić information content (AvgIpc) is 3.22. The molecule has 3 aliphatic rings. The number of halogens is 2. The van der Waals surface area contributed by atoms with E-state index in [2.05, 4.69) is 9.80 Å². The van der Waals surface area contributed by atoms with E-state index in [1.54, 1.807) is 0 Å². The highest BCUT2D eigenvalue weighted by Crippen LogP contribution is 2.50. The molecule has 1 atom stereocenters. The molecule has 4 rings (SSSR count). The lowest BCUT2D eigenvalue weighted by Gasteiger charge is -2.46. The molecule has 2 saturated heterocycles. The van der Waals surface area contributed by atoms with Gasteiger partial charge in [-0.15, -0.1) is 0 Å². The first-order chi connectivity index (χ1) is 10.6. The lowest BCUT2D eigenvalue weighted by molar-refractivity contribution is -0.157. The van der Waals surface area contributed by atoms with Crippen LogP contribution < -0.4 is 4.90 Å². The number of rotatable bonds is 3. The molecule has 2 aliphatic heterocycles. The molecular weight excluding hydrogens is 282 g/mol. The van der Waals surface area contributed by atoms with Crippen molar-refractivity contribution < 1.29 is 8.78 Å². The average molecular weight is 306 g/mol. The minimum atomic E-state index is -2.53. The second-order valence-corrected chi connectivity index (χ2v) is 7.42. The molecule has 0 amide bonds. The Morgan fingerprint density at radius 3 is 2.50 bits per heavy atom. The normalized spacial score (nSPS) is 31.8. The van der Waals surface area contributed by atoms with E-state index in [0.717, 1.165) is 24.7 Å². The molecule has 0 bridgehead atoms. The summed E-state index contributed by atoms with van der Waals surface area (Å²) in [5, 5.41) is 0. The fraction of sp³-hybridized carbons (Fsp3) is 0.667. The number of nitrogens with zero attached hydrogens (tertiary/aromatic N) is 2. The van der Waals surface area contributed by atoms with Crippen LogP contribution in [-0.4, -0.2) is 43.5 Å². The van der Waals surface area contributed by atoms with Gasteiger partial charge in [0.05, 0.1) is 5.41 Å². The molecule has 2 heterocycles. The fourth-order valence-corrected chi connectivity index (χ4v) is 4.17. The highest BCUT2D eigenvalue weighted by molar-refractivity contribution is 5.47. The highest BCUT2D eigenvalue weighted by Gasteiger charge is 2.59. The van der Waals surface area contributed by atoms with Gasteiger partial charge in [-0.3, -0.25) is 0 Å². The molecule has 1 aromatic carbocycles. The minimum Gasteiger partial charge on any atom is -0.371 e. The van der Waals surface area contributed by atoms with Gasteiger partial charge in [-0.05, 0) is 37.3 Å². The second kappa shape index (κ2) is 5.19. The zero-order valence-corrected chi connectivity index (χ0v) is 13.0. The Bertz CT molecular complexity index is 529. The zero-order chi connectivity index (χ0) is 15.2. The van der Waals surface area contributed by atoms with Crippen molar-refractivity contribution in [1.29, 1.82) is 0 Å². The molecule has 120 valence electrons. The van der Waals surface area contributed by atoms with Crippen LogP contribution in [0, 0.1) is 11.3 Å². The predicted molar refractivity (Wildman–Crippen MR) is 84.4 cm³/mol. The third kappa shape index (κ3) is 2.51. The van der Waals surface area contributed by atoms with Gasteiger partial charge in [0.15, 0.2) is 0 Å². The molecule has 1 spiro atoms. The molecule has 1 unspecified atom stereocenters. The first kappa shape index (κ1) is 14.4. The van der Waals surface area contributed by atoms with Crippen LogP contribution in [0.4, 0.5) is 14.5 Å². The molecule has 3 fully saturated rings. The van der Waals surface area contributed by atoms with Gasteiger partial charge in [0.25, 0.3) is 5.92 Å². The molecule has 0 aromatic heterocycles. The summed E-state index contributed by atoms with van der Waals surface area (Å²) in [5.74, 6) is -1.76. The first-order valence-corrected chi connectivity index (χ1v) is 8.48. The van der Waals surface area contributed by atoms with Crippen molar-refractivity contribution in [2.75, 3.05) is 37.6 Å². The number of anilines is 1. The van der Waals surface area contributed by atoms with Crippen molar-refractivity contribution in [3.63, 3.8) is 0 Å². The van der Waals surface area contributed by atoms with Gasteiger partial charge in [-0.1, -0.05) is 18.2 Å². The van der Waals surface area contributed by atoms with E-state index in [0.29, 0.717) is 26.1 Å². The van der Waals surface area contributed by atoms with E-state index in [9.17, 15) is 8.78 Å². The maximum atomic E-state index is 14.7. The van der Waals surface area contributed by atoms with E-state index >= 15 is 0 Å². The van der Waals surface area contributed by atoms with E-state index in [1.807, 2.05) is 30.3 Å². The lowest BCUT2D eigenvalue weighted by atomic mass is 9.75. The Labute approximate surface area is 131 Å². The van der Waals surface area contributed by atoms with Crippen LogP contribution in [0.1, 0.15) is 25.7 Å². The monoisotopic (exact) mass is 306 g/mol. The van der Waals surface area contributed by atoms with Crippen LogP contribution in [0.3, 0.4) is 0 Å². The number of para-hydroxylation sites is 1. The summed E-state index contributed by atoms with van der Waals surface area (Å²) < 4.78 is 29.5. The van der Waals surface area contributed by atoms with Crippen LogP contribution in [0.15, 0.2) is 30.3 Å². The van der Waals surface area contributed by atoms with Gasteiger partial charge in [0.2, 0.25) is 0 Å². The van der Waals surface area contributed by atoms with Gasteiger partial charge in [-0.25, -0.2) is 8.78 Å². The molecule has 1 saturated carbocycles. The van der Waals surface area contributed by atoms with Crippen molar-refractivity contribution in [3.05, 3.63) is 30.3 Å². The summed E-state index contributed by atoms with van der Waals surface area (Å²) in [7, 11) is 0. The molecule has 4 heteroatoms. The van der Waals surface area contributed by atoms with Gasteiger partial charge >= 0.3 is 0 Å². The van der Waals surface area contributed by atoms with Crippen molar-refractivity contribution in [3.8, 4) is 0 Å². The Morgan fingerprint density at radius 2 is 1.77 bits per heavy atom. The van der Waals surface area contributed by atoms with E-state index in [-0.39, 0.29) is 6.42 Å². The minimum absolute atomic E-state index is 0.0301. The van der Waals surface area contributed by atoms with Crippen LogP contribution in [-0.2, 0) is 0 Å². The maximum absolute atomic E-state index is 14.7. The number of piperidine rings is 1. The topological polar surface area (TPSA) is 6.48 Å². The van der Waals surface area contributed by atoms with Crippen LogP contribution in [0.2, 0.25) is 0 Å². The third-order valence-electron chi connectivity index (χ3n) is 5.73. The number of likely N-dealkylation sites (tertiary alicyclic amines) is 1. The summed E-state index contributed by atoms with van der Waals surface area (Å²) in [5.41, 5.74) is 0.227. The van der Waals surface area contributed by atoms with Crippen LogP contribution in [0.25, 0.3) is 0 Å². The van der Waals surface area contributed by atoms with Gasteiger partial charge in [-0.2, -0.15) is 0 Å².